The highest BCUT2D eigenvalue weighted by molar-refractivity contribution is 6.08. The van der Waals surface area contributed by atoms with Gasteiger partial charge >= 0.3 is 6.09 Å². The molecular formula is C23H32N2O3. The second-order valence-electron chi connectivity index (χ2n) is 9.53. The Bertz CT molecular complexity index is 753. The van der Waals surface area contributed by atoms with E-state index in [4.69, 9.17) is 4.74 Å². The smallest absolute Gasteiger partial charge is 0.410 e. The second kappa shape index (κ2) is 7.09. The maximum absolute atomic E-state index is 13.7. The average Bonchev–Trinajstić information content (AvgIpc) is 2.90. The maximum Gasteiger partial charge on any atom is 0.410 e. The van der Waals surface area contributed by atoms with Gasteiger partial charge in [-0.15, -0.1) is 0 Å². The Kier molecular flexibility index (Phi) is 4.88. The number of para-hydroxylation sites is 1. The first kappa shape index (κ1) is 19.3. The third kappa shape index (κ3) is 3.29. The minimum atomic E-state index is -0.481. The summed E-state index contributed by atoms with van der Waals surface area (Å²) in [6.07, 6.45) is 6.78. The average molecular weight is 385 g/mol. The summed E-state index contributed by atoms with van der Waals surface area (Å²) in [6, 6.07) is 8.53. The molecule has 0 atom stereocenters. The normalized spacial score (nSPS) is 22.5. The Morgan fingerprint density at radius 3 is 2.36 bits per heavy atom. The van der Waals surface area contributed by atoms with E-state index in [0.29, 0.717) is 19.0 Å². The van der Waals surface area contributed by atoms with Gasteiger partial charge in [-0.05, 0) is 58.1 Å². The molecule has 2 aliphatic heterocycles. The highest BCUT2D eigenvalue weighted by Crippen LogP contribution is 2.51. The quantitative estimate of drug-likeness (QED) is 0.709. The number of benzene rings is 1. The first-order valence-corrected chi connectivity index (χ1v) is 10.7. The van der Waals surface area contributed by atoms with Gasteiger partial charge in [-0.3, -0.25) is 4.79 Å². The van der Waals surface area contributed by atoms with Crippen molar-refractivity contribution in [3.05, 3.63) is 29.8 Å². The molecule has 2 fully saturated rings. The van der Waals surface area contributed by atoms with Crippen molar-refractivity contribution >= 4 is 17.7 Å². The Morgan fingerprint density at radius 2 is 1.71 bits per heavy atom. The molecule has 1 aliphatic carbocycles. The van der Waals surface area contributed by atoms with Crippen molar-refractivity contribution in [2.24, 2.45) is 0 Å². The molecule has 0 N–H and O–H groups in total. The SMILES string of the molecule is CC(C)(C)OC(=O)N1CCC(N2C(=O)C3(CCCCC3)c3ccccc32)CC1. The van der Waals surface area contributed by atoms with Crippen LogP contribution in [0, 0.1) is 0 Å². The van der Waals surface area contributed by atoms with E-state index >= 15 is 0 Å². The van der Waals surface area contributed by atoms with Gasteiger partial charge in [0.15, 0.2) is 0 Å². The van der Waals surface area contributed by atoms with Crippen LogP contribution in [0.4, 0.5) is 10.5 Å². The van der Waals surface area contributed by atoms with E-state index < -0.39 is 5.60 Å². The molecule has 2 heterocycles. The number of piperidine rings is 1. The van der Waals surface area contributed by atoms with Crippen molar-refractivity contribution in [1.29, 1.82) is 0 Å². The van der Waals surface area contributed by atoms with Crippen LogP contribution in [0.25, 0.3) is 0 Å². The minimum absolute atomic E-state index is 0.161. The zero-order chi connectivity index (χ0) is 19.9. The summed E-state index contributed by atoms with van der Waals surface area (Å²) >= 11 is 0. The van der Waals surface area contributed by atoms with Crippen LogP contribution in [0.15, 0.2) is 24.3 Å². The van der Waals surface area contributed by atoms with Gasteiger partial charge in [0.05, 0.1) is 5.41 Å². The summed E-state index contributed by atoms with van der Waals surface area (Å²) in [4.78, 5) is 29.9. The van der Waals surface area contributed by atoms with E-state index in [2.05, 4.69) is 23.1 Å². The van der Waals surface area contributed by atoms with E-state index in [0.717, 1.165) is 44.2 Å². The number of carbonyl (C=O) groups excluding carboxylic acids is 2. The molecule has 152 valence electrons. The van der Waals surface area contributed by atoms with Gasteiger partial charge in [0.1, 0.15) is 5.60 Å². The standard InChI is InChI=1S/C23H32N2O3/c1-22(2,3)28-21(27)24-15-11-17(12-16-24)25-19-10-6-5-9-18(19)23(20(25)26)13-7-4-8-14-23/h5-6,9-10,17H,4,7-8,11-16H2,1-3H3. The fourth-order valence-electron chi connectivity index (χ4n) is 5.18. The molecule has 0 bridgehead atoms. The van der Waals surface area contributed by atoms with Crippen LogP contribution in [-0.2, 0) is 14.9 Å². The topological polar surface area (TPSA) is 49.9 Å². The van der Waals surface area contributed by atoms with Gasteiger partial charge in [-0.1, -0.05) is 37.5 Å². The molecule has 28 heavy (non-hydrogen) atoms. The molecule has 0 aromatic heterocycles. The van der Waals surface area contributed by atoms with Crippen LogP contribution in [0.2, 0.25) is 0 Å². The molecule has 4 rings (SSSR count). The zero-order valence-corrected chi connectivity index (χ0v) is 17.4. The number of ether oxygens (including phenoxy) is 1. The Balaban J connectivity index is 1.51. The van der Waals surface area contributed by atoms with Crippen molar-refractivity contribution < 1.29 is 14.3 Å². The van der Waals surface area contributed by atoms with E-state index in [1.807, 2.05) is 26.8 Å². The number of carbonyl (C=O) groups is 2. The predicted octanol–water partition coefficient (Wildman–Crippen LogP) is 4.63. The van der Waals surface area contributed by atoms with E-state index in [-0.39, 0.29) is 17.6 Å². The van der Waals surface area contributed by atoms with Gasteiger partial charge in [0.2, 0.25) is 5.91 Å². The zero-order valence-electron chi connectivity index (χ0n) is 17.4. The summed E-state index contributed by atoms with van der Waals surface area (Å²) in [5.41, 5.74) is 1.54. The van der Waals surface area contributed by atoms with Crippen LogP contribution in [0.3, 0.4) is 0 Å². The van der Waals surface area contributed by atoms with Crippen molar-refractivity contribution in [3.63, 3.8) is 0 Å². The van der Waals surface area contributed by atoms with E-state index in [9.17, 15) is 9.59 Å². The first-order valence-electron chi connectivity index (χ1n) is 10.7. The molecule has 2 amide bonds. The number of anilines is 1. The first-order chi connectivity index (χ1) is 13.3. The Hall–Kier alpha value is -2.04. The lowest BCUT2D eigenvalue weighted by atomic mass is 9.70. The lowest BCUT2D eigenvalue weighted by molar-refractivity contribution is -0.124. The summed E-state index contributed by atoms with van der Waals surface area (Å²) in [6.45, 7) is 6.94. The molecule has 1 spiro atoms. The van der Waals surface area contributed by atoms with E-state index in [1.54, 1.807) is 4.90 Å². The molecule has 5 nitrogen and oxygen atoms in total. The number of amides is 2. The monoisotopic (exact) mass is 384 g/mol. The molecule has 0 radical (unpaired) electrons. The number of nitrogens with zero attached hydrogens (tertiary/aromatic N) is 2. The number of likely N-dealkylation sites (tertiary alicyclic amines) is 1. The lowest BCUT2D eigenvalue weighted by Gasteiger charge is -2.39. The molecular weight excluding hydrogens is 352 g/mol. The van der Waals surface area contributed by atoms with Crippen molar-refractivity contribution in [3.8, 4) is 0 Å². The van der Waals surface area contributed by atoms with Crippen LogP contribution in [-0.4, -0.2) is 41.6 Å². The van der Waals surface area contributed by atoms with Crippen LogP contribution < -0.4 is 4.90 Å². The molecule has 1 saturated carbocycles. The lowest BCUT2D eigenvalue weighted by Crippen LogP contribution is -2.51. The molecule has 1 aromatic rings. The third-order valence-corrected chi connectivity index (χ3v) is 6.50. The molecule has 1 aromatic carbocycles. The van der Waals surface area contributed by atoms with Gasteiger partial charge in [0.25, 0.3) is 0 Å². The van der Waals surface area contributed by atoms with Gasteiger partial charge in [-0.2, -0.15) is 0 Å². The summed E-state index contributed by atoms with van der Waals surface area (Å²) in [7, 11) is 0. The summed E-state index contributed by atoms with van der Waals surface area (Å²) < 4.78 is 5.51. The van der Waals surface area contributed by atoms with Crippen molar-refractivity contribution in [2.45, 2.75) is 82.8 Å². The highest BCUT2D eigenvalue weighted by atomic mass is 16.6. The summed E-state index contributed by atoms with van der Waals surface area (Å²) in [5, 5.41) is 0. The van der Waals surface area contributed by atoms with Crippen molar-refractivity contribution in [2.75, 3.05) is 18.0 Å². The Morgan fingerprint density at radius 1 is 1.07 bits per heavy atom. The highest BCUT2D eigenvalue weighted by Gasteiger charge is 2.52. The minimum Gasteiger partial charge on any atom is -0.444 e. The van der Waals surface area contributed by atoms with E-state index in [1.165, 1.54) is 12.0 Å². The van der Waals surface area contributed by atoms with Gasteiger partial charge in [-0.25, -0.2) is 4.79 Å². The van der Waals surface area contributed by atoms with Gasteiger partial charge in [0, 0.05) is 24.8 Å². The second-order valence-corrected chi connectivity index (χ2v) is 9.53. The third-order valence-electron chi connectivity index (χ3n) is 6.50. The molecule has 0 unspecified atom stereocenters. The summed E-state index contributed by atoms with van der Waals surface area (Å²) in [5.74, 6) is 0.295. The Labute approximate surface area is 168 Å². The molecule has 5 heteroatoms. The largest absolute Gasteiger partial charge is 0.444 e. The van der Waals surface area contributed by atoms with Crippen LogP contribution in [0.1, 0.15) is 71.3 Å². The number of hydrogen-bond donors (Lipinski definition) is 0. The molecule has 1 saturated heterocycles. The van der Waals surface area contributed by atoms with Gasteiger partial charge < -0.3 is 14.5 Å². The number of fused-ring (bicyclic) bond motifs is 2. The maximum atomic E-state index is 13.7. The predicted molar refractivity (Wildman–Crippen MR) is 110 cm³/mol. The number of hydrogen-bond acceptors (Lipinski definition) is 3. The fraction of sp³-hybridized carbons (Fsp3) is 0.652. The fourth-order valence-corrected chi connectivity index (χ4v) is 5.18. The van der Waals surface area contributed by atoms with Crippen LogP contribution in [0.5, 0.6) is 0 Å². The van der Waals surface area contributed by atoms with Crippen LogP contribution >= 0.6 is 0 Å². The van der Waals surface area contributed by atoms with Crippen molar-refractivity contribution in [1.82, 2.24) is 4.90 Å². The number of rotatable bonds is 1. The molecule has 3 aliphatic rings.